The van der Waals surface area contributed by atoms with Gasteiger partial charge in [0, 0.05) is 11.1 Å². The lowest BCUT2D eigenvalue weighted by Gasteiger charge is -2.03. The van der Waals surface area contributed by atoms with Crippen LogP contribution in [0.25, 0.3) is 6.08 Å². The molecule has 0 amide bonds. The van der Waals surface area contributed by atoms with Gasteiger partial charge in [-0.25, -0.2) is 8.78 Å². The van der Waals surface area contributed by atoms with Crippen LogP contribution in [0.2, 0.25) is 5.02 Å². The van der Waals surface area contributed by atoms with Crippen LogP contribution < -0.4 is 4.74 Å². The minimum Gasteiger partial charge on any atom is -0.494 e. The minimum absolute atomic E-state index is 0.0488. The van der Waals surface area contributed by atoms with E-state index < -0.39 is 17.4 Å². The number of ether oxygens (including phenoxy) is 1. The first-order valence-corrected chi connectivity index (χ1v) is 6.40. The fraction of sp³-hybridized carbons (Fsp3) is 0.0625. The summed E-state index contributed by atoms with van der Waals surface area (Å²) in [6, 6.07) is 8.07. The van der Waals surface area contributed by atoms with Crippen molar-refractivity contribution in [2.24, 2.45) is 0 Å². The Morgan fingerprint density at radius 2 is 1.95 bits per heavy atom. The van der Waals surface area contributed by atoms with Gasteiger partial charge in [0.25, 0.3) is 0 Å². The maximum atomic E-state index is 13.5. The van der Waals surface area contributed by atoms with E-state index in [2.05, 4.69) is 0 Å². The van der Waals surface area contributed by atoms with Crippen molar-refractivity contribution in [1.82, 2.24) is 0 Å². The van der Waals surface area contributed by atoms with Crippen LogP contribution in [0, 0.1) is 11.6 Å². The molecule has 0 radical (unpaired) electrons. The summed E-state index contributed by atoms with van der Waals surface area (Å²) in [5, 5.41) is 0.194. The number of halogens is 3. The van der Waals surface area contributed by atoms with E-state index in [9.17, 15) is 13.6 Å². The quantitative estimate of drug-likeness (QED) is 0.613. The molecule has 2 aromatic rings. The van der Waals surface area contributed by atoms with Crippen molar-refractivity contribution >= 4 is 23.5 Å². The van der Waals surface area contributed by atoms with E-state index in [0.717, 1.165) is 12.1 Å². The Labute approximate surface area is 125 Å². The molecule has 0 aromatic heterocycles. The van der Waals surface area contributed by atoms with Crippen molar-refractivity contribution < 1.29 is 18.3 Å². The summed E-state index contributed by atoms with van der Waals surface area (Å²) in [6.07, 6.45) is 2.41. The molecular weight excluding hydrogens is 298 g/mol. The third-order valence-electron chi connectivity index (χ3n) is 2.84. The van der Waals surface area contributed by atoms with Gasteiger partial charge in [0.1, 0.15) is 5.82 Å². The molecule has 0 atom stereocenters. The van der Waals surface area contributed by atoms with Gasteiger partial charge in [-0.05, 0) is 42.5 Å². The second-order valence-electron chi connectivity index (χ2n) is 4.18. The Bertz CT molecular complexity index is 691. The molecule has 0 saturated heterocycles. The lowest BCUT2D eigenvalue weighted by Crippen LogP contribution is -1.97. The smallest absolute Gasteiger partial charge is 0.185 e. The summed E-state index contributed by atoms with van der Waals surface area (Å²) in [4.78, 5) is 11.9. The number of rotatable bonds is 4. The molecule has 2 aromatic carbocycles. The van der Waals surface area contributed by atoms with E-state index in [0.29, 0.717) is 0 Å². The molecule has 0 N–H and O–H groups in total. The molecule has 0 bridgehead atoms. The predicted molar refractivity (Wildman–Crippen MR) is 77.7 cm³/mol. The van der Waals surface area contributed by atoms with E-state index in [4.69, 9.17) is 16.3 Å². The first kappa shape index (κ1) is 15.2. The summed E-state index contributed by atoms with van der Waals surface area (Å²) in [7, 11) is 1.33. The second kappa shape index (κ2) is 6.50. The van der Waals surface area contributed by atoms with Gasteiger partial charge in [0.05, 0.1) is 12.1 Å². The molecule has 0 spiro atoms. The van der Waals surface area contributed by atoms with Gasteiger partial charge in [-0.2, -0.15) is 0 Å². The van der Waals surface area contributed by atoms with Crippen molar-refractivity contribution in [3.05, 3.63) is 70.3 Å². The van der Waals surface area contributed by atoms with Crippen molar-refractivity contribution in [3.8, 4) is 5.75 Å². The molecule has 21 heavy (non-hydrogen) atoms. The van der Waals surface area contributed by atoms with Gasteiger partial charge in [-0.15, -0.1) is 0 Å². The Balaban J connectivity index is 2.25. The van der Waals surface area contributed by atoms with Crippen LogP contribution in [0.4, 0.5) is 8.78 Å². The van der Waals surface area contributed by atoms with Crippen LogP contribution in [-0.2, 0) is 0 Å². The number of methoxy groups -OCH3 is 1. The topological polar surface area (TPSA) is 26.3 Å². The number of hydrogen-bond acceptors (Lipinski definition) is 2. The highest BCUT2D eigenvalue weighted by atomic mass is 35.5. The van der Waals surface area contributed by atoms with Gasteiger partial charge in [0.2, 0.25) is 0 Å². The molecule has 2 rings (SSSR count). The molecule has 0 saturated carbocycles. The van der Waals surface area contributed by atoms with Crippen LogP contribution in [0.1, 0.15) is 15.9 Å². The molecule has 0 heterocycles. The van der Waals surface area contributed by atoms with E-state index in [1.807, 2.05) is 0 Å². The van der Waals surface area contributed by atoms with E-state index >= 15 is 0 Å². The summed E-state index contributed by atoms with van der Waals surface area (Å²) >= 11 is 5.84. The molecular formula is C16H11ClF2O2. The Hall–Kier alpha value is -2.20. The maximum Gasteiger partial charge on any atom is 0.185 e. The highest BCUT2D eigenvalue weighted by molar-refractivity contribution is 6.32. The average Bonchev–Trinajstić information content (AvgIpc) is 2.46. The predicted octanol–water partition coefficient (Wildman–Crippen LogP) is 4.52. The molecule has 0 aliphatic heterocycles. The number of hydrogen-bond donors (Lipinski definition) is 0. The monoisotopic (exact) mass is 308 g/mol. The third kappa shape index (κ3) is 3.47. The summed E-state index contributed by atoms with van der Waals surface area (Å²) < 4.78 is 31.8. The molecule has 0 unspecified atom stereocenters. The summed E-state index contributed by atoms with van der Waals surface area (Å²) in [5.74, 6) is -1.59. The van der Waals surface area contributed by atoms with Gasteiger partial charge in [0.15, 0.2) is 17.3 Å². The summed E-state index contributed by atoms with van der Waals surface area (Å²) in [5.41, 5.74) is 0.249. The van der Waals surface area contributed by atoms with Crippen LogP contribution in [0.3, 0.4) is 0 Å². The maximum absolute atomic E-state index is 13.5. The number of allylic oxidation sites excluding steroid dienone is 1. The highest BCUT2D eigenvalue weighted by Crippen LogP contribution is 2.21. The van der Waals surface area contributed by atoms with Crippen molar-refractivity contribution in [2.45, 2.75) is 0 Å². The Morgan fingerprint density at radius 3 is 2.57 bits per heavy atom. The van der Waals surface area contributed by atoms with Crippen LogP contribution in [-0.4, -0.2) is 12.9 Å². The van der Waals surface area contributed by atoms with Gasteiger partial charge < -0.3 is 4.74 Å². The first-order chi connectivity index (χ1) is 10.0. The van der Waals surface area contributed by atoms with Crippen LogP contribution in [0.5, 0.6) is 5.75 Å². The normalized spacial score (nSPS) is 10.9. The van der Waals surface area contributed by atoms with Gasteiger partial charge in [-0.1, -0.05) is 17.7 Å². The van der Waals surface area contributed by atoms with Crippen molar-refractivity contribution in [2.75, 3.05) is 7.11 Å². The van der Waals surface area contributed by atoms with Crippen molar-refractivity contribution in [1.29, 1.82) is 0 Å². The summed E-state index contributed by atoms with van der Waals surface area (Å²) in [6.45, 7) is 0. The van der Waals surface area contributed by atoms with Crippen LogP contribution >= 0.6 is 11.6 Å². The third-order valence-corrected chi connectivity index (χ3v) is 3.17. The van der Waals surface area contributed by atoms with Crippen molar-refractivity contribution in [3.63, 3.8) is 0 Å². The van der Waals surface area contributed by atoms with E-state index in [-0.39, 0.29) is 21.9 Å². The highest BCUT2D eigenvalue weighted by Gasteiger charge is 2.09. The zero-order chi connectivity index (χ0) is 15.4. The minimum atomic E-state index is -0.638. The average molecular weight is 309 g/mol. The largest absolute Gasteiger partial charge is 0.494 e. The fourth-order valence-corrected chi connectivity index (χ4v) is 1.97. The molecule has 2 nitrogen and oxygen atoms in total. The lowest BCUT2D eigenvalue weighted by molar-refractivity contribution is 0.104. The first-order valence-electron chi connectivity index (χ1n) is 6.03. The fourth-order valence-electron chi connectivity index (χ4n) is 1.74. The standard InChI is InChI=1S/C16H11ClF2O2/c1-21-16-8-5-10(9-14(16)19)15(20)7-6-11-12(17)3-2-4-13(11)18/h2-9H,1H3/b7-6+. The molecule has 108 valence electrons. The molecule has 0 aliphatic rings. The number of carbonyl (C=O) groups is 1. The molecule has 0 aliphatic carbocycles. The van der Waals surface area contributed by atoms with Gasteiger partial charge in [-0.3, -0.25) is 4.79 Å². The molecule has 0 fully saturated rings. The van der Waals surface area contributed by atoms with Crippen LogP contribution in [0.15, 0.2) is 42.5 Å². The number of ketones is 1. The zero-order valence-corrected chi connectivity index (χ0v) is 11.8. The lowest BCUT2D eigenvalue weighted by atomic mass is 10.1. The number of carbonyl (C=O) groups excluding carboxylic acids is 1. The van der Waals surface area contributed by atoms with E-state index in [1.54, 1.807) is 0 Å². The molecule has 5 heteroatoms. The zero-order valence-electron chi connectivity index (χ0n) is 11.1. The Kier molecular flexibility index (Phi) is 4.70. The van der Waals surface area contributed by atoms with E-state index in [1.165, 1.54) is 43.5 Å². The van der Waals surface area contributed by atoms with Gasteiger partial charge >= 0.3 is 0 Å². The SMILES string of the molecule is COc1ccc(C(=O)/C=C/c2c(F)cccc2Cl)cc1F. The second-order valence-corrected chi connectivity index (χ2v) is 4.59. The number of benzene rings is 2. The Morgan fingerprint density at radius 1 is 1.19 bits per heavy atom.